The summed E-state index contributed by atoms with van der Waals surface area (Å²) in [5.41, 5.74) is 1.50. The van der Waals surface area contributed by atoms with Crippen LogP contribution >= 0.6 is 15.9 Å². The second-order valence-electron chi connectivity index (χ2n) is 2.47. The predicted molar refractivity (Wildman–Crippen MR) is 49.5 cm³/mol. The minimum absolute atomic E-state index is 0.261. The first kappa shape index (κ1) is 8.37. The lowest BCUT2D eigenvalue weighted by atomic mass is 10.2. The van der Waals surface area contributed by atoms with Gasteiger partial charge in [-0.1, -0.05) is 0 Å². The van der Waals surface area contributed by atoms with E-state index in [2.05, 4.69) is 31.3 Å². The van der Waals surface area contributed by atoms with E-state index in [4.69, 9.17) is 0 Å². The highest BCUT2D eigenvalue weighted by atomic mass is 79.9. The Balaban J connectivity index is 2.47. The summed E-state index contributed by atoms with van der Waals surface area (Å²) in [4.78, 5) is 0. The summed E-state index contributed by atoms with van der Waals surface area (Å²) < 4.78 is 13.2. The molecule has 1 heterocycles. The van der Waals surface area contributed by atoms with Gasteiger partial charge in [0.25, 0.3) is 0 Å². The van der Waals surface area contributed by atoms with Crippen LogP contribution in [0.5, 0.6) is 0 Å². The Morgan fingerprint density at radius 3 is 2.38 bits per heavy atom. The van der Waals surface area contributed by atoms with Crippen molar-refractivity contribution < 1.29 is 4.39 Å². The molecule has 3 nitrogen and oxygen atoms in total. The topological polar surface area (TPSA) is 41.6 Å². The van der Waals surface area contributed by atoms with Gasteiger partial charge in [0.2, 0.25) is 0 Å². The third kappa shape index (κ3) is 1.60. The van der Waals surface area contributed by atoms with Crippen LogP contribution in [0, 0.1) is 5.82 Å². The number of nitrogens with one attached hydrogen (secondary N) is 1. The highest BCUT2D eigenvalue weighted by Crippen LogP contribution is 2.23. The lowest BCUT2D eigenvalue weighted by Gasteiger charge is -1.94. The van der Waals surface area contributed by atoms with E-state index in [1.54, 1.807) is 12.1 Å². The molecule has 2 rings (SSSR count). The summed E-state index contributed by atoms with van der Waals surface area (Å²) in [5.74, 6) is -0.261. The molecule has 0 bridgehead atoms. The molecule has 0 saturated heterocycles. The van der Waals surface area contributed by atoms with Crippen molar-refractivity contribution >= 4 is 15.9 Å². The number of halogens is 2. The molecule has 13 heavy (non-hydrogen) atoms. The lowest BCUT2D eigenvalue weighted by Crippen LogP contribution is -1.79. The Bertz CT molecular complexity index is 410. The summed E-state index contributed by atoms with van der Waals surface area (Å²) in [6.07, 6.45) is 0. The molecule has 0 amide bonds. The lowest BCUT2D eigenvalue weighted by molar-refractivity contribution is 0.628. The molecule has 66 valence electrons. The third-order valence-electron chi connectivity index (χ3n) is 1.62. The molecule has 0 saturated carbocycles. The summed E-state index contributed by atoms with van der Waals surface area (Å²) in [6, 6.07) is 6.07. The Labute approximate surface area is 82.1 Å². The van der Waals surface area contributed by atoms with Gasteiger partial charge in [-0.3, -0.25) is 0 Å². The Hall–Kier alpha value is -1.23. The van der Waals surface area contributed by atoms with Gasteiger partial charge in [0.05, 0.1) is 0 Å². The van der Waals surface area contributed by atoms with Crippen LogP contribution in [0.15, 0.2) is 28.9 Å². The quantitative estimate of drug-likeness (QED) is 0.833. The zero-order valence-corrected chi connectivity index (χ0v) is 8.05. The minimum atomic E-state index is -0.261. The molecule has 2 aromatic rings. The largest absolute Gasteiger partial charge is 0.207 e. The minimum Gasteiger partial charge on any atom is -0.207 e. The molecule has 0 radical (unpaired) electrons. The maximum absolute atomic E-state index is 12.6. The fraction of sp³-hybridized carbons (Fsp3) is 0. The summed E-state index contributed by atoms with van der Waals surface area (Å²) in [5, 5.41) is 10.2. The Morgan fingerprint density at radius 1 is 1.15 bits per heavy atom. The van der Waals surface area contributed by atoms with Crippen LogP contribution in [0.4, 0.5) is 4.39 Å². The van der Waals surface area contributed by atoms with E-state index in [1.165, 1.54) is 12.1 Å². The van der Waals surface area contributed by atoms with Gasteiger partial charge in [0, 0.05) is 5.56 Å². The van der Waals surface area contributed by atoms with Crippen molar-refractivity contribution in [3.05, 3.63) is 34.7 Å². The van der Waals surface area contributed by atoms with Crippen LogP contribution in [0.2, 0.25) is 0 Å². The molecule has 0 spiro atoms. The summed E-state index contributed by atoms with van der Waals surface area (Å²) >= 11 is 3.22. The van der Waals surface area contributed by atoms with Crippen molar-refractivity contribution in [3.63, 3.8) is 0 Å². The maximum atomic E-state index is 12.6. The van der Waals surface area contributed by atoms with E-state index in [0.29, 0.717) is 10.3 Å². The fourth-order valence-electron chi connectivity index (χ4n) is 1.01. The van der Waals surface area contributed by atoms with Crippen LogP contribution in [0.1, 0.15) is 0 Å². The normalized spacial score (nSPS) is 10.3. The van der Waals surface area contributed by atoms with E-state index < -0.39 is 0 Å². The van der Waals surface area contributed by atoms with Gasteiger partial charge in [0.1, 0.15) is 11.5 Å². The van der Waals surface area contributed by atoms with Gasteiger partial charge >= 0.3 is 0 Å². The van der Waals surface area contributed by atoms with E-state index in [-0.39, 0.29) is 5.82 Å². The van der Waals surface area contributed by atoms with Crippen molar-refractivity contribution in [2.75, 3.05) is 0 Å². The van der Waals surface area contributed by atoms with Gasteiger partial charge in [-0.15, -0.1) is 5.10 Å². The number of nitrogens with zero attached hydrogens (tertiary/aromatic N) is 2. The van der Waals surface area contributed by atoms with Crippen molar-refractivity contribution in [2.24, 2.45) is 0 Å². The number of aromatic amines is 1. The van der Waals surface area contributed by atoms with Gasteiger partial charge < -0.3 is 0 Å². The molecule has 0 aliphatic heterocycles. The van der Waals surface area contributed by atoms with Crippen LogP contribution < -0.4 is 0 Å². The van der Waals surface area contributed by atoms with E-state index in [0.717, 1.165) is 5.56 Å². The number of hydrogen-bond donors (Lipinski definition) is 1. The third-order valence-corrected chi connectivity index (χ3v) is 2.18. The van der Waals surface area contributed by atoms with Gasteiger partial charge in [0.15, 0.2) is 4.60 Å². The fourth-order valence-corrected chi connectivity index (χ4v) is 1.41. The molecular formula is C8H5BrFN3. The van der Waals surface area contributed by atoms with Crippen molar-refractivity contribution in [1.82, 2.24) is 15.4 Å². The molecule has 1 aromatic carbocycles. The second kappa shape index (κ2) is 3.26. The van der Waals surface area contributed by atoms with Crippen LogP contribution in [0.3, 0.4) is 0 Å². The SMILES string of the molecule is Fc1ccc(-c2n[nH]nc2Br)cc1. The molecule has 1 aromatic heterocycles. The molecule has 0 aliphatic rings. The first-order valence-corrected chi connectivity index (χ1v) is 4.39. The molecule has 1 N–H and O–H groups in total. The number of aromatic nitrogens is 3. The zero-order valence-electron chi connectivity index (χ0n) is 6.46. The van der Waals surface area contributed by atoms with Crippen LogP contribution in [-0.2, 0) is 0 Å². The maximum Gasteiger partial charge on any atom is 0.156 e. The molecule has 0 fully saturated rings. The van der Waals surface area contributed by atoms with Crippen LogP contribution in [0.25, 0.3) is 11.3 Å². The van der Waals surface area contributed by atoms with E-state index in [1.807, 2.05) is 0 Å². The number of hydrogen-bond acceptors (Lipinski definition) is 2. The predicted octanol–water partition coefficient (Wildman–Crippen LogP) is 2.37. The number of H-pyrrole nitrogens is 1. The average Bonchev–Trinajstić information content (AvgIpc) is 2.53. The van der Waals surface area contributed by atoms with E-state index >= 15 is 0 Å². The molecule has 0 unspecified atom stereocenters. The highest BCUT2D eigenvalue weighted by Gasteiger charge is 2.06. The zero-order chi connectivity index (χ0) is 9.26. The van der Waals surface area contributed by atoms with Gasteiger partial charge in [-0.05, 0) is 40.2 Å². The average molecular weight is 242 g/mol. The Morgan fingerprint density at radius 2 is 1.85 bits per heavy atom. The smallest absolute Gasteiger partial charge is 0.156 e. The molecular weight excluding hydrogens is 237 g/mol. The van der Waals surface area contributed by atoms with Crippen LogP contribution in [-0.4, -0.2) is 15.4 Å². The van der Waals surface area contributed by atoms with Crippen molar-refractivity contribution in [1.29, 1.82) is 0 Å². The summed E-state index contributed by atoms with van der Waals surface area (Å²) in [7, 11) is 0. The van der Waals surface area contributed by atoms with Gasteiger partial charge in [-0.2, -0.15) is 10.3 Å². The van der Waals surface area contributed by atoms with Crippen molar-refractivity contribution in [3.8, 4) is 11.3 Å². The number of benzene rings is 1. The first-order chi connectivity index (χ1) is 6.27. The molecule has 5 heteroatoms. The summed E-state index contributed by atoms with van der Waals surface area (Å²) in [6.45, 7) is 0. The number of rotatable bonds is 1. The molecule has 0 atom stereocenters. The Kier molecular flexibility index (Phi) is 2.10. The molecule has 0 aliphatic carbocycles. The highest BCUT2D eigenvalue weighted by molar-refractivity contribution is 9.10. The monoisotopic (exact) mass is 241 g/mol. The van der Waals surface area contributed by atoms with Crippen molar-refractivity contribution in [2.45, 2.75) is 0 Å². The van der Waals surface area contributed by atoms with Gasteiger partial charge in [-0.25, -0.2) is 4.39 Å². The van der Waals surface area contributed by atoms with E-state index in [9.17, 15) is 4.39 Å². The first-order valence-electron chi connectivity index (χ1n) is 3.59. The standard InChI is InChI=1S/C8H5BrFN3/c9-8-7(11-13-12-8)5-1-3-6(10)4-2-5/h1-4H,(H,11,12,13). The second-order valence-corrected chi connectivity index (χ2v) is 3.22.